The van der Waals surface area contributed by atoms with Crippen LogP contribution in [0, 0.1) is 12.3 Å². The van der Waals surface area contributed by atoms with Crippen LogP contribution >= 0.6 is 0 Å². The average molecular weight is 333 g/mol. The summed E-state index contributed by atoms with van der Waals surface area (Å²) in [5.41, 5.74) is 2.24. The van der Waals surface area contributed by atoms with Gasteiger partial charge in [-0.25, -0.2) is 14.5 Å². The number of nitrogens with zero attached hydrogens (tertiary/aromatic N) is 4. The first-order valence-corrected chi connectivity index (χ1v) is 7.63. The molecule has 8 nitrogen and oxygen atoms in total. The lowest BCUT2D eigenvalue weighted by molar-refractivity contribution is 0.106. The predicted molar refractivity (Wildman–Crippen MR) is 88.3 cm³/mol. The molecule has 2 heterocycles. The van der Waals surface area contributed by atoms with Crippen LogP contribution in [0.1, 0.15) is 32.2 Å². The van der Waals surface area contributed by atoms with Gasteiger partial charge in [-0.15, -0.1) is 5.10 Å². The number of aromatic hydroxyl groups is 1. The van der Waals surface area contributed by atoms with Crippen LogP contribution in [0.2, 0.25) is 0 Å². The number of aromatic nitrogens is 4. The number of carbonyl (C=O) groups is 1. The van der Waals surface area contributed by atoms with E-state index in [1.807, 2.05) is 20.8 Å². The molecule has 1 amide bonds. The van der Waals surface area contributed by atoms with E-state index < -0.39 is 6.09 Å². The van der Waals surface area contributed by atoms with Crippen LogP contribution in [0.25, 0.3) is 11.4 Å². The monoisotopic (exact) mass is 333 g/mol. The van der Waals surface area contributed by atoms with Gasteiger partial charge in [0.2, 0.25) is 0 Å². The Kier molecular flexibility index (Phi) is 5.06. The van der Waals surface area contributed by atoms with Crippen LogP contribution < -0.4 is 5.32 Å². The summed E-state index contributed by atoms with van der Waals surface area (Å²) in [5, 5.41) is 20.4. The molecule has 0 radical (unpaired) electrons. The SMILES string of the molecule is Cc1nc(-c2nnn(C)c2CNC(=O)OCC(C)(C)C)ccc1O. The molecular formula is C16H23N5O3. The van der Waals surface area contributed by atoms with Crippen molar-refractivity contribution in [2.75, 3.05) is 6.61 Å². The summed E-state index contributed by atoms with van der Waals surface area (Å²) in [6.45, 7) is 8.21. The quantitative estimate of drug-likeness (QED) is 0.889. The van der Waals surface area contributed by atoms with Gasteiger partial charge in [0.05, 0.1) is 30.2 Å². The molecule has 0 atom stereocenters. The fourth-order valence-electron chi connectivity index (χ4n) is 1.95. The van der Waals surface area contributed by atoms with Gasteiger partial charge in [0, 0.05) is 7.05 Å². The molecular weight excluding hydrogens is 310 g/mol. The van der Waals surface area contributed by atoms with Crippen molar-refractivity contribution < 1.29 is 14.6 Å². The Morgan fingerprint density at radius 2 is 2.08 bits per heavy atom. The normalized spacial score (nSPS) is 11.4. The smallest absolute Gasteiger partial charge is 0.407 e. The number of alkyl carbamates (subject to hydrolysis) is 1. The Balaban J connectivity index is 2.10. The number of carbonyl (C=O) groups excluding carboxylic acids is 1. The van der Waals surface area contributed by atoms with E-state index in [4.69, 9.17) is 4.74 Å². The number of hydrogen-bond acceptors (Lipinski definition) is 6. The van der Waals surface area contributed by atoms with Crippen molar-refractivity contribution in [1.82, 2.24) is 25.3 Å². The number of ether oxygens (including phenoxy) is 1. The highest BCUT2D eigenvalue weighted by Gasteiger charge is 2.17. The van der Waals surface area contributed by atoms with Crippen molar-refractivity contribution in [3.63, 3.8) is 0 Å². The molecule has 2 N–H and O–H groups in total. The number of amides is 1. The molecule has 2 rings (SSSR count). The van der Waals surface area contributed by atoms with Gasteiger partial charge in [0.25, 0.3) is 0 Å². The minimum absolute atomic E-state index is 0.0932. The number of pyridine rings is 1. The molecule has 0 unspecified atom stereocenters. The Bertz CT molecular complexity index is 734. The molecule has 2 aromatic heterocycles. The van der Waals surface area contributed by atoms with Crippen molar-refractivity contribution in [3.05, 3.63) is 23.5 Å². The maximum absolute atomic E-state index is 11.8. The molecule has 0 saturated carbocycles. The topological polar surface area (TPSA) is 102 Å². The molecule has 8 heteroatoms. The molecule has 0 aliphatic heterocycles. The third-order valence-electron chi connectivity index (χ3n) is 3.28. The van der Waals surface area contributed by atoms with Gasteiger partial charge in [-0.1, -0.05) is 26.0 Å². The van der Waals surface area contributed by atoms with Crippen molar-refractivity contribution in [2.24, 2.45) is 12.5 Å². The third-order valence-corrected chi connectivity index (χ3v) is 3.28. The van der Waals surface area contributed by atoms with Crippen molar-refractivity contribution >= 4 is 6.09 Å². The van der Waals surface area contributed by atoms with E-state index in [9.17, 15) is 9.90 Å². The lowest BCUT2D eigenvalue weighted by Crippen LogP contribution is -2.28. The first kappa shape index (κ1) is 17.7. The molecule has 0 aliphatic carbocycles. The van der Waals surface area contributed by atoms with Crippen molar-refractivity contribution in [2.45, 2.75) is 34.2 Å². The molecule has 0 spiro atoms. The van der Waals surface area contributed by atoms with Crippen molar-refractivity contribution in [3.8, 4) is 17.1 Å². The summed E-state index contributed by atoms with van der Waals surface area (Å²) >= 11 is 0. The summed E-state index contributed by atoms with van der Waals surface area (Å²) in [6, 6.07) is 3.22. The lowest BCUT2D eigenvalue weighted by atomic mass is 9.99. The van der Waals surface area contributed by atoms with E-state index >= 15 is 0 Å². The second-order valence-corrected chi connectivity index (χ2v) is 6.80. The molecule has 0 fully saturated rings. The molecule has 0 aliphatic rings. The third kappa shape index (κ3) is 4.43. The first-order valence-electron chi connectivity index (χ1n) is 7.63. The zero-order valence-corrected chi connectivity index (χ0v) is 14.6. The summed E-state index contributed by atoms with van der Waals surface area (Å²) < 4.78 is 6.75. The number of hydrogen-bond donors (Lipinski definition) is 2. The van der Waals surface area contributed by atoms with E-state index in [1.165, 1.54) is 0 Å². The standard InChI is InChI=1S/C16H23N5O3/c1-10-13(22)7-6-11(18-10)14-12(21(5)20-19-14)8-17-15(23)24-9-16(2,3)4/h6-7,22H,8-9H2,1-5H3,(H,17,23). The van der Waals surface area contributed by atoms with Gasteiger partial charge in [-0.05, 0) is 24.5 Å². The molecule has 0 aromatic carbocycles. The van der Waals surface area contributed by atoms with E-state index in [0.29, 0.717) is 29.4 Å². The highest BCUT2D eigenvalue weighted by molar-refractivity contribution is 5.67. The van der Waals surface area contributed by atoms with Crippen LogP contribution in [0.15, 0.2) is 12.1 Å². The van der Waals surface area contributed by atoms with Crippen LogP contribution in [0.3, 0.4) is 0 Å². The minimum Gasteiger partial charge on any atom is -0.506 e. The second kappa shape index (κ2) is 6.86. The number of nitrogens with one attached hydrogen (secondary N) is 1. The largest absolute Gasteiger partial charge is 0.506 e. The van der Waals surface area contributed by atoms with Crippen LogP contribution in [0.5, 0.6) is 5.75 Å². The molecule has 0 bridgehead atoms. The summed E-state index contributed by atoms with van der Waals surface area (Å²) in [6.07, 6.45) is -0.494. The van der Waals surface area contributed by atoms with Crippen LogP contribution in [0.4, 0.5) is 4.79 Å². The van der Waals surface area contributed by atoms with Crippen LogP contribution in [-0.4, -0.2) is 37.8 Å². The molecule has 2 aromatic rings. The van der Waals surface area contributed by atoms with E-state index in [1.54, 1.807) is 30.8 Å². The Labute approximate surface area is 140 Å². The fraction of sp³-hybridized carbons (Fsp3) is 0.500. The van der Waals surface area contributed by atoms with Gasteiger partial charge in [-0.2, -0.15) is 0 Å². The Hall–Kier alpha value is -2.64. The molecule has 0 saturated heterocycles. The highest BCUT2D eigenvalue weighted by atomic mass is 16.5. The van der Waals surface area contributed by atoms with Gasteiger partial charge in [0.15, 0.2) is 0 Å². The van der Waals surface area contributed by atoms with E-state index in [2.05, 4.69) is 20.6 Å². The van der Waals surface area contributed by atoms with Gasteiger partial charge < -0.3 is 15.2 Å². The Morgan fingerprint density at radius 1 is 1.38 bits per heavy atom. The summed E-state index contributed by atoms with van der Waals surface area (Å²) in [7, 11) is 1.74. The summed E-state index contributed by atoms with van der Waals surface area (Å²) in [4.78, 5) is 16.1. The van der Waals surface area contributed by atoms with Gasteiger partial charge in [-0.3, -0.25) is 0 Å². The fourth-order valence-corrected chi connectivity index (χ4v) is 1.95. The number of aryl methyl sites for hydroxylation is 2. The Morgan fingerprint density at radius 3 is 2.71 bits per heavy atom. The van der Waals surface area contributed by atoms with Crippen LogP contribution in [-0.2, 0) is 18.3 Å². The lowest BCUT2D eigenvalue weighted by Gasteiger charge is -2.18. The first-order chi connectivity index (χ1) is 11.2. The average Bonchev–Trinajstić information content (AvgIpc) is 2.86. The molecule has 130 valence electrons. The number of rotatable bonds is 4. The summed E-state index contributed by atoms with van der Waals surface area (Å²) in [5.74, 6) is 0.119. The maximum atomic E-state index is 11.8. The zero-order chi connectivity index (χ0) is 17.9. The van der Waals surface area contributed by atoms with E-state index in [0.717, 1.165) is 0 Å². The molecule has 24 heavy (non-hydrogen) atoms. The zero-order valence-electron chi connectivity index (χ0n) is 14.6. The van der Waals surface area contributed by atoms with Crippen molar-refractivity contribution in [1.29, 1.82) is 0 Å². The maximum Gasteiger partial charge on any atom is 0.407 e. The minimum atomic E-state index is -0.494. The van der Waals surface area contributed by atoms with Gasteiger partial charge >= 0.3 is 6.09 Å². The highest BCUT2D eigenvalue weighted by Crippen LogP contribution is 2.23. The van der Waals surface area contributed by atoms with E-state index in [-0.39, 0.29) is 17.7 Å². The van der Waals surface area contributed by atoms with Gasteiger partial charge in [0.1, 0.15) is 11.4 Å². The second-order valence-electron chi connectivity index (χ2n) is 6.80. The predicted octanol–water partition coefficient (Wildman–Crippen LogP) is 2.16.